The maximum atomic E-state index is 12.8. The monoisotopic (exact) mass is 397 g/mol. The lowest BCUT2D eigenvalue weighted by molar-refractivity contribution is -0.122. The summed E-state index contributed by atoms with van der Waals surface area (Å²) in [5.41, 5.74) is 3.55. The Morgan fingerprint density at radius 2 is 1.67 bits per heavy atom. The summed E-state index contributed by atoms with van der Waals surface area (Å²) in [4.78, 5) is 30.0. The number of amides is 1. The van der Waals surface area contributed by atoms with E-state index in [4.69, 9.17) is 0 Å². The highest BCUT2D eigenvalue weighted by atomic mass is 16.2. The molecule has 4 rings (SSSR count). The molecule has 0 aliphatic rings. The van der Waals surface area contributed by atoms with Crippen molar-refractivity contribution in [1.29, 1.82) is 0 Å². The highest BCUT2D eigenvalue weighted by Gasteiger charge is 2.16. The summed E-state index contributed by atoms with van der Waals surface area (Å²) < 4.78 is 1.36. The third-order valence-electron chi connectivity index (χ3n) is 5.19. The fraction of sp³-hybridized carbons (Fsp3) is 0.160. The second-order valence-electron chi connectivity index (χ2n) is 7.37. The van der Waals surface area contributed by atoms with E-state index < -0.39 is 0 Å². The van der Waals surface area contributed by atoms with Gasteiger partial charge in [-0.25, -0.2) is 4.98 Å². The number of aryl methyl sites for hydroxylation is 1. The lowest BCUT2D eigenvalue weighted by atomic mass is 9.99. The van der Waals surface area contributed by atoms with Crippen LogP contribution < -0.4 is 10.9 Å². The summed E-state index contributed by atoms with van der Waals surface area (Å²) in [6.07, 6.45) is 2.12. The fourth-order valence-corrected chi connectivity index (χ4v) is 3.63. The number of hydrogen-bond acceptors (Lipinski definition) is 3. The van der Waals surface area contributed by atoms with E-state index in [-0.39, 0.29) is 24.1 Å². The zero-order chi connectivity index (χ0) is 20.9. The minimum Gasteiger partial charge on any atom is -0.347 e. The first-order chi connectivity index (χ1) is 14.6. The van der Waals surface area contributed by atoms with Gasteiger partial charge in [0.2, 0.25) is 5.91 Å². The van der Waals surface area contributed by atoms with E-state index in [1.54, 1.807) is 6.07 Å². The molecule has 30 heavy (non-hydrogen) atoms. The third kappa shape index (κ3) is 4.30. The Morgan fingerprint density at radius 1 is 0.967 bits per heavy atom. The average Bonchev–Trinajstić information content (AvgIpc) is 2.77. The van der Waals surface area contributed by atoms with Crippen LogP contribution in [0.15, 0.2) is 90.0 Å². The molecule has 1 heterocycles. The van der Waals surface area contributed by atoms with Crippen LogP contribution in [-0.4, -0.2) is 15.5 Å². The summed E-state index contributed by atoms with van der Waals surface area (Å²) >= 11 is 0. The van der Waals surface area contributed by atoms with Gasteiger partial charge >= 0.3 is 0 Å². The van der Waals surface area contributed by atoms with Crippen LogP contribution in [0.3, 0.4) is 0 Å². The molecular weight excluding hydrogens is 374 g/mol. The number of rotatable bonds is 6. The molecule has 1 atom stereocenters. The minimum absolute atomic E-state index is 0.0756. The Labute approximate surface area is 175 Å². The van der Waals surface area contributed by atoms with E-state index in [0.29, 0.717) is 17.3 Å². The van der Waals surface area contributed by atoms with Crippen LogP contribution in [0, 0.1) is 6.92 Å². The average molecular weight is 397 g/mol. The molecule has 0 aliphatic carbocycles. The van der Waals surface area contributed by atoms with Gasteiger partial charge in [-0.3, -0.25) is 14.2 Å². The van der Waals surface area contributed by atoms with Crippen LogP contribution in [0.5, 0.6) is 0 Å². The third-order valence-corrected chi connectivity index (χ3v) is 5.19. The second-order valence-corrected chi connectivity index (χ2v) is 7.37. The van der Waals surface area contributed by atoms with Gasteiger partial charge in [-0.2, -0.15) is 0 Å². The highest BCUT2D eigenvalue weighted by Crippen LogP contribution is 2.18. The number of para-hydroxylation sites is 1. The summed E-state index contributed by atoms with van der Waals surface area (Å²) in [6, 6.07) is 25.2. The van der Waals surface area contributed by atoms with Crippen molar-refractivity contribution < 1.29 is 4.79 Å². The Bertz CT molecular complexity index is 1220. The molecule has 1 unspecified atom stereocenters. The first-order valence-corrected chi connectivity index (χ1v) is 9.95. The lowest BCUT2D eigenvalue weighted by Crippen LogP contribution is -2.35. The number of hydrogen-bond donors (Lipinski definition) is 1. The zero-order valence-electron chi connectivity index (χ0n) is 16.8. The summed E-state index contributed by atoms with van der Waals surface area (Å²) in [6.45, 7) is 1.84. The van der Waals surface area contributed by atoms with Crippen LogP contribution >= 0.6 is 0 Å². The number of nitrogens with zero attached hydrogens (tertiary/aromatic N) is 2. The number of aromatic nitrogens is 2. The fourth-order valence-electron chi connectivity index (χ4n) is 3.63. The van der Waals surface area contributed by atoms with Gasteiger partial charge in [0.15, 0.2) is 0 Å². The van der Waals surface area contributed by atoms with Crippen LogP contribution in [0.2, 0.25) is 0 Å². The summed E-state index contributed by atoms with van der Waals surface area (Å²) in [7, 11) is 0. The molecule has 3 aromatic carbocycles. The predicted octanol–water partition coefficient (Wildman–Crippen LogP) is 3.81. The molecule has 0 spiro atoms. The molecular formula is C25H23N3O2. The van der Waals surface area contributed by atoms with Crippen LogP contribution in [0.4, 0.5) is 0 Å². The maximum absolute atomic E-state index is 12.8. The Balaban J connectivity index is 1.56. The van der Waals surface area contributed by atoms with Crippen molar-refractivity contribution in [3.63, 3.8) is 0 Å². The van der Waals surface area contributed by atoms with Gasteiger partial charge in [0.1, 0.15) is 6.54 Å². The van der Waals surface area contributed by atoms with E-state index in [0.717, 1.165) is 16.7 Å². The second kappa shape index (κ2) is 8.74. The van der Waals surface area contributed by atoms with E-state index >= 15 is 0 Å². The number of carbonyl (C=O) groups excluding carboxylic acids is 1. The van der Waals surface area contributed by atoms with Gasteiger partial charge in [0, 0.05) is 0 Å². The standard InChI is InChI=1S/C25H23N3O2/c1-18-9-8-14-21-24(18)26-17-28(25(21)30)16-23(29)27-22(20-12-6-3-7-13-20)15-19-10-4-2-5-11-19/h2-14,17,22H,15-16H2,1H3,(H,27,29). The SMILES string of the molecule is Cc1cccc2c(=O)n(CC(=O)NC(Cc3ccccc3)c3ccccc3)cnc12. The molecule has 1 aromatic heterocycles. The molecule has 0 fully saturated rings. The van der Waals surface area contributed by atoms with Crippen molar-refractivity contribution in [3.05, 3.63) is 112 Å². The van der Waals surface area contributed by atoms with Crippen molar-refractivity contribution >= 4 is 16.8 Å². The van der Waals surface area contributed by atoms with Crippen molar-refractivity contribution in [1.82, 2.24) is 14.9 Å². The Kier molecular flexibility index (Phi) is 5.70. The number of carbonyl (C=O) groups is 1. The van der Waals surface area contributed by atoms with Crippen molar-refractivity contribution in [2.24, 2.45) is 0 Å². The van der Waals surface area contributed by atoms with E-state index in [9.17, 15) is 9.59 Å². The van der Waals surface area contributed by atoms with Crippen molar-refractivity contribution in [2.45, 2.75) is 25.9 Å². The molecule has 1 amide bonds. The Hall–Kier alpha value is -3.73. The van der Waals surface area contributed by atoms with Gasteiger partial charge < -0.3 is 5.32 Å². The predicted molar refractivity (Wildman–Crippen MR) is 118 cm³/mol. The number of benzene rings is 3. The van der Waals surface area contributed by atoms with E-state index in [2.05, 4.69) is 10.3 Å². The molecule has 0 radical (unpaired) electrons. The van der Waals surface area contributed by atoms with Gasteiger partial charge in [-0.1, -0.05) is 72.8 Å². The smallest absolute Gasteiger partial charge is 0.261 e. The molecule has 1 N–H and O–H groups in total. The maximum Gasteiger partial charge on any atom is 0.261 e. The van der Waals surface area contributed by atoms with Crippen LogP contribution in [0.25, 0.3) is 10.9 Å². The topological polar surface area (TPSA) is 64.0 Å². The normalized spacial score (nSPS) is 11.9. The molecule has 0 bridgehead atoms. The molecule has 5 heteroatoms. The van der Waals surface area contributed by atoms with Crippen molar-refractivity contribution in [3.8, 4) is 0 Å². The van der Waals surface area contributed by atoms with Crippen LogP contribution in [-0.2, 0) is 17.8 Å². The highest BCUT2D eigenvalue weighted by molar-refractivity contribution is 5.81. The molecule has 150 valence electrons. The molecule has 5 nitrogen and oxygen atoms in total. The number of fused-ring (bicyclic) bond motifs is 1. The van der Waals surface area contributed by atoms with Gasteiger partial charge in [-0.05, 0) is 36.1 Å². The molecule has 4 aromatic rings. The minimum atomic E-state index is -0.226. The zero-order valence-corrected chi connectivity index (χ0v) is 16.8. The quantitative estimate of drug-likeness (QED) is 0.538. The summed E-state index contributed by atoms with van der Waals surface area (Å²) in [5, 5.41) is 3.61. The number of nitrogens with one attached hydrogen (secondary N) is 1. The van der Waals surface area contributed by atoms with Crippen LogP contribution in [0.1, 0.15) is 22.7 Å². The lowest BCUT2D eigenvalue weighted by Gasteiger charge is -2.20. The largest absolute Gasteiger partial charge is 0.347 e. The summed E-state index contributed by atoms with van der Waals surface area (Å²) in [5.74, 6) is -0.226. The van der Waals surface area contributed by atoms with Crippen molar-refractivity contribution in [2.75, 3.05) is 0 Å². The molecule has 0 aliphatic heterocycles. The first-order valence-electron chi connectivity index (χ1n) is 9.95. The van der Waals surface area contributed by atoms with Gasteiger partial charge in [0.25, 0.3) is 5.56 Å². The van der Waals surface area contributed by atoms with E-state index in [1.165, 1.54) is 10.9 Å². The molecule has 0 saturated heterocycles. The van der Waals surface area contributed by atoms with E-state index in [1.807, 2.05) is 79.7 Å². The first kappa shape index (κ1) is 19.6. The Morgan fingerprint density at radius 3 is 2.40 bits per heavy atom. The van der Waals surface area contributed by atoms with Gasteiger partial charge in [-0.15, -0.1) is 0 Å². The van der Waals surface area contributed by atoms with Gasteiger partial charge in [0.05, 0.1) is 23.3 Å². The molecule has 0 saturated carbocycles.